The summed E-state index contributed by atoms with van der Waals surface area (Å²) in [6, 6.07) is 6.41. The van der Waals surface area contributed by atoms with E-state index < -0.39 is 4.92 Å². The lowest BCUT2D eigenvalue weighted by molar-refractivity contribution is -0.384. The van der Waals surface area contributed by atoms with Gasteiger partial charge >= 0.3 is 0 Å². The SMILES string of the molecule is CNc1nc(-c2cccc([N+](=O)[O-])c2)nc2c1CSC2. The summed E-state index contributed by atoms with van der Waals surface area (Å²) in [5, 5.41) is 13.9. The van der Waals surface area contributed by atoms with E-state index in [0.29, 0.717) is 11.4 Å². The minimum absolute atomic E-state index is 0.0481. The fourth-order valence-corrected chi connectivity index (χ4v) is 3.19. The van der Waals surface area contributed by atoms with Gasteiger partial charge in [0.25, 0.3) is 5.69 Å². The Balaban J connectivity index is 2.11. The van der Waals surface area contributed by atoms with Gasteiger partial charge in [-0.2, -0.15) is 11.8 Å². The predicted molar refractivity (Wildman–Crippen MR) is 78.7 cm³/mol. The molecule has 0 amide bonds. The van der Waals surface area contributed by atoms with Crippen LogP contribution in [0.25, 0.3) is 11.4 Å². The lowest BCUT2D eigenvalue weighted by Crippen LogP contribution is -2.03. The molecule has 0 unspecified atom stereocenters. The number of nitro groups is 1. The highest BCUT2D eigenvalue weighted by Crippen LogP contribution is 2.34. The molecule has 2 heterocycles. The first-order chi connectivity index (χ1) is 9.69. The molecule has 102 valence electrons. The molecule has 0 fully saturated rings. The summed E-state index contributed by atoms with van der Waals surface area (Å²) >= 11 is 1.79. The molecule has 1 aliphatic heterocycles. The third-order valence-electron chi connectivity index (χ3n) is 3.13. The van der Waals surface area contributed by atoms with Crippen molar-refractivity contribution in [3.8, 4) is 11.4 Å². The Morgan fingerprint density at radius 3 is 2.95 bits per heavy atom. The van der Waals surface area contributed by atoms with E-state index in [1.54, 1.807) is 23.9 Å². The second kappa shape index (κ2) is 5.09. The number of hydrogen-bond acceptors (Lipinski definition) is 6. The molecular weight excluding hydrogens is 276 g/mol. The smallest absolute Gasteiger partial charge is 0.270 e. The zero-order chi connectivity index (χ0) is 14.1. The van der Waals surface area contributed by atoms with Crippen LogP contribution in [0.3, 0.4) is 0 Å². The van der Waals surface area contributed by atoms with Gasteiger partial charge in [0.2, 0.25) is 0 Å². The van der Waals surface area contributed by atoms with Crippen molar-refractivity contribution >= 4 is 23.3 Å². The molecule has 6 nitrogen and oxygen atoms in total. The Bertz CT molecular complexity index is 690. The van der Waals surface area contributed by atoms with Crippen molar-refractivity contribution in [2.45, 2.75) is 11.5 Å². The van der Waals surface area contributed by atoms with Gasteiger partial charge in [0, 0.05) is 41.8 Å². The second-order valence-corrected chi connectivity index (χ2v) is 5.36. The van der Waals surface area contributed by atoms with Gasteiger partial charge in [0.15, 0.2) is 5.82 Å². The Hall–Kier alpha value is -2.15. The summed E-state index contributed by atoms with van der Waals surface area (Å²) in [5.74, 6) is 3.09. The van der Waals surface area contributed by atoms with Gasteiger partial charge < -0.3 is 5.32 Å². The fraction of sp³-hybridized carbons (Fsp3) is 0.231. The van der Waals surface area contributed by atoms with E-state index in [1.165, 1.54) is 12.1 Å². The molecule has 7 heteroatoms. The van der Waals surface area contributed by atoms with Gasteiger partial charge in [0.1, 0.15) is 5.82 Å². The highest BCUT2D eigenvalue weighted by molar-refractivity contribution is 7.98. The van der Waals surface area contributed by atoms with Gasteiger partial charge in [-0.25, -0.2) is 9.97 Å². The summed E-state index contributed by atoms with van der Waals surface area (Å²) in [5.41, 5.74) is 2.85. The van der Waals surface area contributed by atoms with E-state index in [4.69, 9.17) is 0 Å². The highest BCUT2D eigenvalue weighted by atomic mass is 32.2. The average Bonchev–Trinajstić information content (AvgIpc) is 2.94. The maximum atomic E-state index is 10.8. The molecule has 1 aliphatic rings. The van der Waals surface area contributed by atoms with Gasteiger partial charge in [-0.05, 0) is 0 Å². The van der Waals surface area contributed by atoms with Crippen LogP contribution in [0, 0.1) is 10.1 Å². The predicted octanol–water partition coefficient (Wildman–Crippen LogP) is 2.84. The van der Waals surface area contributed by atoms with Crippen LogP contribution in [0.4, 0.5) is 11.5 Å². The van der Waals surface area contributed by atoms with Crippen LogP contribution in [-0.2, 0) is 11.5 Å². The van der Waals surface area contributed by atoms with Crippen LogP contribution in [0.15, 0.2) is 24.3 Å². The summed E-state index contributed by atoms with van der Waals surface area (Å²) < 4.78 is 0. The first kappa shape index (κ1) is 12.9. The summed E-state index contributed by atoms with van der Waals surface area (Å²) in [6.45, 7) is 0. The Morgan fingerprint density at radius 1 is 1.35 bits per heavy atom. The molecule has 0 radical (unpaired) electrons. The summed E-state index contributed by atoms with van der Waals surface area (Å²) in [6.07, 6.45) is 0. The first-order valence-corrected chi connectivity index (χ1v) is 7.24. The van der Waals surface area contributed by atoms with Crippen molar-refractivity contribution in [3.63, 3.8) is 0 Å². The van der Waals surface area contributed by atoms with E-state index in [2.05, 4.69) is 15.3 Å². The van der Waals surface area contributed by atoms with Crippen LogP contribution in [0.5, 0.6) is 0 Å². The van der Waals surface area contributed by atoms with Crippen molar-refractivity contribution in [2.24, 2.45) is 0 Å². The maximum absolute atomic E-state index is 10.8. The molecule has 0 saturated heterocycles. The van der Waals surface area contributed by atoms with E-state index >= 15 is 0 Å². The van der Waals surface area contributed by atoms with Crippen LogP contribution in [0.2, 0.25) is 0 Å². The number of benzene rings is 1. The third-order valence-corrected chi connectivity index (χ3v) is 4.10. The minimum atomic E-state index is -0.411. The van der Waals surface area contributed by atoms with Crippen molar-refractivity contribution in [3.05, 3.63) is 45.6 Å². The number of non-ortho nitro benzene ring substituents is 1. The molecule has 0 bridgehead atoms. The van der Waals surface area contributed by atoms with E-state index in [-0.39, 0.29) is 5.69 Å². The monoisotopic (exact) mass is 288 g/mol. The van der Waals surface area contributed by atoms with Crippen molar-refractivity contribution in [1.82, 2.24) is 9.97 Å². The Labute approximate surface area is 119 Å². The third kappa shape index (κ3) is 2.20. The number of thioether (sulfide) groups is 1. The highest BCUT2D eigenvalue weighted by Gasteiger charge is 2.20. The molecule has 1 aromatic carbocycles. The summed E-state index contributed by atoms with van der Waals surface area (Å²) in [4.78, 5) is 19.4. The normalized spacial score (nSPS) is 13.1. The van der Waals surface area contributed by atoms with Crippen LogP contribution in [0.1, 0.15) is 11.3 Å². The average molecular weight is 288 g/mol. The lowest BCUT2D eigenvalue weighted by atomic mass is 10.1. The number of fused-ring (bicyclic) bond motifs is 1. The summed E-state index contributed by atoms with van der Waals surface area (Å²) in [7, 11) is 1.82. The van der Waals surface area contributed by atoms with Crippen molar-refractivity contribution < 1.29 is 4.92 Å². The number of anilines is 1. The van der Waals surface area contributed by atoms with Crippen LogP contribution < -0.4 is 5.32 Å². The number of aromatic nitrogens is 2. The number of nitrogens with zero attached hydrogens (tertiary/aromatic N) is 3. The van der Waals surface area contributed by atoms with Crippen molar-refractivity contribution in [2.75, 3.05) is 12.4 Å². The molecule has 0 saturated carbocycles. The van der Waals surface area contributed by atoms with E-state index in [9.17, 15) is 10.1 Å². The largest absolute Gasteiger partial charge is 0.373 e. The van der Waals surface area contributed by atoms with Crippen LogP contribution >= 0.6 is 11.8 Å². The molecule has 2 aromatic rings. The van der Waals surface area contributed by atoms with E-state index in [1.807, 2.05) is 7.05 Å². The van der Waals surface area contributed by atoms with Gasteiger partial charge in [-0.3, -0.25) is 10.1 Å². The number of hydrogen-bond donors (Lipinski definition) is 1. The molecule has 0 spiro atoms. The topological polar surface area (TPSA) is 81.0 Å². The molecular formula is C13H12N4O2S. The minimum Gasteiger partial charge on any atom is -0.373 e. The van der Waals surface area contributed by atoms with E-state index in [0.717, 1.165) is 28.6 Å². The Morgan fingerprint density at radius 2 is 2.20 bits per heavy atom. The maximum Gasteiger partial charge on any atom is 0.270 e. The number of nitrogens with one attached hydrogen (secondary N) is 1. The lowest BCUT2D eigenvalue weighted by Gasteiger charge is -2.09. The number of nitro benzene ring substituents is 1. The van der Waals surface area contributed by atoms with Gasteiger partial charge in [-0.1, -0.05) is 12.1 Å². The fourth-order valence-electron chi connectivity index (χ4n) is 2.15. The standard InChI is InChI=1S/C13H12N4O2S/c1-14-13-10-6-20-7-11(10)15-12(16-13)8-3-2-4-9(5-8)17(18)19/h2-5H,6-7H2,1H3,(H,14,15,16). The molecule has 20 heavy (non-hydrogen) atoms. The van der Waals surface area contributed by atoms with Crippen LogP contribution in [-0.4, -0.2) is 21.9 Å². The number of rotatable bonds is 3. The second-order valence-electron chi connectivity index (χ2n) is 4.37. The van der Waals surface area contributed by atoms with Gasteiger partial charge in [0.05, 0.1) is 10.6 Å². The van der Waals surface area contributed by atoms with Crippen molar-refractivity contribution in [1.29, 1.82) is 0 Å². The zero-order valence-corrected chi connectivity index (χ0v) is 11.6. The molecule has 1 aromatic heterocycles. The van der Waals surface area contributed by atoms with Gasteiger partial charge in [-0.15, -0.1) is 0 Å². The quantitative estimate of drug-likeness (QED) is 0.691. The molecule has 0 atom stereocenters. The molecule has 0 aliphatic carbocycles. The molecule has 3 rings (SSSR count). The first-order valence-electron chi connectivity index (χ1n) is 6.09. The zero-order valence-electron chi connectivity index (χ0n) is 10.8. The molecule has 1 N–H and O–H groups in total. The Kier molecular flexibility index (Phi) is 3.27.